The molecule has 6 heteroatoms. The van der Waals surface area contributed by atoms with Gasteiger partial charge in [-0.25, -0.2) is 0 Å². The Morgan fingerprint density at radius 2 is 0.719 bits per heavy atom. The van der Waals surface area contributed by atoms with Gasteiger partial charge in [-0.2, -0.15) is 0 Å². The first kappa shape index (κ1) is 27.0. The van der Waals surface area contributed by atoms with Crippen molar-refractivity contribution < 1.29 is 0 Å². The van der Waals surface area contributed by atoms with E-state index in [1.807, 2.05) is 0 Å². The molecule has 4 rings (SSSR count). The van der Waals surface area contributed by atoms with Gasteiger partial charge >= 0.3 is 0 Å². The average Bonchev–Trinajstić information content (AvgIpc) is 2.85. The molecule has 0 aromatic carbocycles. The zero-order chi connectivity index (χ0) is 22.3. The van der Waals surface area contributed by atoms with E-state index in [0.29, 0.717) is 0 Å². The summed E-state index contributed by atoms with van der Waals surface area (Å²) in [5, 5.41) is -0.964. The van der Waals surface area contributed by atoms with Crippen molar-refractivity contribution in [3.05, 3.63) is 0 Å². The maximum absolute atomic E-state index is 6.81. The Hall–Kier alpha value is 2.00. The Morgan fingerprint density at radius 3 is 1.03 bits per heavy atom. The molecule has 0 aromatic rings. The predicted molar refractivity (Wildman–Crippen MR) is 161 cm³/mol. The molecule has 2 atom stereocenters. The third kappa shape index (κ3) is 7.75. The second-order valence-electron chi connectivity index (χ2n) is 11.2. The van der Waals surface area contributed by atoms with E-state index in [-0.39, 0.29) is 0 Å². The van der Waals surface area contributed by atoms with Crippen molar-refractivity contribution in [2.75, 3.05) is 12.3 Å². The Kier molecular flexibility index (Phi) is 11.4. The van der Waals surface area contributed by atoms with Gasteiger partial charge in [0.25, 0.3) is 0 Å². The number of hydrogen-bond donors (Lipinski definition) is 0. The van der Waals surface area contributed by atoms with Crippen molar-refractivity contribution in [1.82, 2.24) is 0 Å². The lowest BCUT2D eigenvalue weighted by molar-refractivity contribution is 0.510. The summed E-state index contributed by atoms with van der Waals surface area (Å²) in [5.74, 6) is 0. The van der Waals surface area contributed by atoms with Gasteiger partial charge in [0.05, 0.1) is 0 Å². The molecule has 0 aliphatic heterocycles. The SMILES string of the molecule is [S-]P(CCP([S-])(=[S+]C1CCCCC1)C1CCCCC1)(=[S+]C1CCCCC1)C1CCCCC1. The monoisotopic (exact) mass is 550 g/mol. The summed E-state index contributed by atoms with van der Waals surface area (Å²) in [6.45, 7) is 0. The lowest BCUT2D eigenvalue weighted by Gasteiger charge is -2.39. The van der Waals surface area contributed by atoms with Crippen molar-refractivity contribution >= 4 is 56.9 Å². The molecule has 4 fully saturated rings. The van der Waals surface area contributed by atoms with Crippen LogP contribution in [0.2, 0.25) is 0 Å². The fourth-order valence-electron chi connectivity index (χ4n) is 6.72. The second-order valence-corrected chi connectivity index (χ2v) is 28.7. The molecule has 4 saturated carbocycles. The van der Waals surface area contributed by atoms with Crippen LogP contribution in [0.25, 0.3) is 0 Å². The maximum Gasteiger partial charge on any atom is 0.178 e. The van der Waals surface area contributed by atoms with Gasteiger partial charge in [0.1, 0.15) is 21.9 Å². The van der Waals surface area contributed by atoms with Gasteiger partial charge in [-0.15, -0.1) is 0 Å². The molecule has 0 heterocycles. The first-order valence-corrected chi connectivity index (χ1v) is 23.2. The normalized spacial score (nSPS) is 29.2. The molecule has 0 saturated heterocycles. The lowest BCUT2D eigenvalue weighted by Crippen LogP contribution is -2.22. The predicted octanol–water partition coefficient (Wildman–Crippen LogP) is 9.27. The third-order valence-corrected chi connectivity index (χ3v) is 27.6. The van der Waals surface area contributed by atoms with Crippen LogP contribution in [0.5, 0.6) is 0 Å². The molecule has 0 spiro atoms. The molecule has 32 heavy (non-hydrogen) atoms. The molecular formula is C26H48P2S4. The van der Waals surface area contributed by atoms with Gasteiger partial charge in [0.2, 0.25) is 0 Å². The van der Waals surface area contributed by atoms with Gasteiger partial charge in [-0.3, -0.25) is 0 Å². The van der Waals surface area contributed by atoms with Gasteiger partial charge < -0.3 is 24.5 Å². The fourth-order valence-corrected chi connectivity index (χ4v) is 28.3. The standard InChI is InChI=1S/C26H48P2S4/c29-27(23-13-5-1-6-14-23,31-25-17-9-3-10-18-25)21-22-28(30,24-15-7-2-8-16-24)32-26-19-11-4-12-20-26/h23-26H,1-22H2. The summed E-state index contributed by atoms with van der Waals surface area (Å²) in [6, 6.07) is 0. The van der Waals surface area contributed by atoms with Crippen LogP contribution >= 0.6 is 10.5 Å². The Bertz CT molecular complexity index is 609. The minimum atomic E-state index is -1.37. The van der Waals surface area contributed by atoms with Crippen molar-refractivity contribution in [2.24, 2.45) is 0 Å². The summed E-state index contributed by atoms with van der Waals surface area (Å²) in [4.78, 5) is 0. The van der Waals surface area contributed by atoms with Gasteiger partial charge in [0.15, 0.2) is 10.5 Å². The summed E-state index contributed by atoms with van der Waals surface area (Å²) < 4.78 is 0. The first-order valence-electron chi connectivity index (χ1n) is 14.1. The van der Waals surface area contributed by atoms with Crippen LogP contribution in [0.3, 0.4) is 0 Å². The molecule has 2 unspecified atom stereocenters. The van der Waals surface area contributed by atoms with E-state index in [1.165, 1.54) is 141 Å². The highest BCUT2D eigenvalue weighted by Crippen LogP contribution is 2.63. The smallest absolute Gasteiger partial charge is 0.178 e. The number of hydrogen-bond acceptors (Lipinski definition) is 2. The molecule has 0 radical (unpaired) electrons. The molecule has 0 bridgehead atoms. The highest BCUT2D eigenvalue weighted by molar-refractivity contribution is 8.60. The van der Waals surface area contributed by atoms with Crippen molar-refractivity contribution in [3.8, 4) is 0 Å². The van der Waals surface area contributed by atoms with Crippen LogP contribution < -0.4 is 0 Å². The van der Waals surface area contributed by atoms with E-state index in [4.69, 9.17) is 24.5 Å². The summed E-state index contributed by atoms with van der Waals surface area (Å²) >= 11 is 13.6. The highest BCUT2D eigenvalue weighted by atomic mass is 32.9. The lowest BCUT2D eigenvalue weighted by atomic mass is 10.0. The fraction of sp³-hybridized carbons (Fsp3) is 1.00. The van der Waals surface area contributed by atoms with E-state index in [0.717, 1.165) is 21.8 Å². The molecular weight excluding hydrogens is 503 g/mol. The minimum Gasteiger partial charge on any atom is -0.699 e. The van der Waals surface area contributed by atoms with E-state index in [1.54, 1.807) is 0 Å². The summed E-state index contributed by atoms with van der Waals surface area (Å²) in [7, 11) is 4.79. The number of rotatable bonds is 7. The molecule has 0 N–H and O–H groups in total. The van der Waals surface area contributed by atoms with Crippen LogP contribution in [-0.2, 0) is 46.4 Å². The summed E-state index contributed by atoms with van der Waals surface area (Å²) in [6.07, 6.45) is 31.7. The minimum absolute atomic E-state index is 0.882. The average molecular weight is 551 g/mol. The molecule has 0 aromatic heterocycles. The highest BCUT2D eigenvalue weighted by Gasteiger charge is 2.36. The van der Waals surface area contributed by atoms with Crippen molar-refractivity contribution in [1.29, 1.82) is 0 Å². The van der Waals surface area contributed by atoms with Crippen LogP contribution in [0.15, 0.2) is 0 Å². The van der Waals surface area contributed by atoms with Gasteiger partial charge in [-0.1, -0.05) is 51.4 Å². The Balaban J connectivity index is 1.56. The Morgan fingerprint density at radius 1 is 0.438 bits per heavy atom. The molecule has 0 nitrogen and oxygen atoms in total. The van der Waals surface area contributed by atoms with Crippen LogP contribution in [-0.4, -0.2) is 34.1 Å². The largest absolute Gasteiger partial charge is 0.699 e. The van der Waals surface area contributed by atoms with E-state index in [9.17, 15) is 0 Å². The van der Waals surface area contributed by atoms with Crippen LogP contribution in [0, 0.1) is 0 Å². The molecule has 186 valence electrons. The van der Waals surface area contributed by atoms with Crippen LogP contribution in [0.1, 0.15) is 128 Å². The van der Waals surface area contributed by atoms with Crippen LogP contribution in [0.4, 0.5) is 0 Å². The molecule has 0 amide bonds. The van der Waals surface area contributed by atoms with E-state index in [2.05, 4.69) is 21.9 Å². The summed E-state index contributed by atoms with van der Waals surface area (Å²) in [5.41, 5.74) is 1.76. The van der Waals surface area contributed by atoms with Gasteiger partial charge in [-0.05, 0) is 51.4 Å². The first-order chi connectivity index (χ1) is 15.6. The van der Waals surface area contributed by atoms with E-state index < -0.39 is 10.5 Å². The topological polar surface area (TPSA) is 0 Å². The quantitative estimate of drug-likeness (QED) is 0.176. The zero-order valence-electron chi connectivity index (χ0n) is 20.4. The maximum atomic E-state index is 6.81. The zero-order valence-corrected chi connectivity index (χ0v) is 25.4. The molecule has 4 aliphatic carbocycles. The molecule has 4 aliphatic rings. The van der Waals surface area contributed by atoms with E-state index >= 15 is 0 Å². The second kappa shape index (κ2) is 13.5. The van der Waals surface area contributed by atoms with Gasteiger partial charge in [0, 0.05) is 59.8 Å². The van der Waals surface area contributed by atoms with Crippen molar-refractivity contribution in [2.45, 2.75) is 150 Å². The van der Waals surface area contributed by atoms with Crippen molar-refractivity contribution in [3.63, 3.8) is 0 Å². The third-order valence-electron chi connectivity index (χ3n) is 8.74. The Labute approximate surface area is 218 Å².